The molecule has 0 spiro atoms. The molecular formula is C12H14BrNO2. The molecule has 0 aliphatic heterocycles. The van der Waals surface area contributed by atoms with E-state index in [4.69, 9.17) is 0 Å². The van der Waals surface area contributed by atoms with Crippen molar-refractivity contribution in [3.05, 3.63) is 34.3 Å². The largest absolute Gasteiger partial charge is 0.387 e. The molecule has 1 aliphatic carbocycles. The van der Waals surface area contributed by atoms with Crippen LogP contribution in [0.1, 0.15) is 24.5 Å². The number of carbonyl (C=O) groups is 1. The third-order valence-electron chi connectivity index (χ3n) is 2.67. The van der Waals surface area contributed by atoms with Gasteiger partial charge in [-0.25, -0.2) is 0 Å². The minimum atomic E-state index is -0.629. The predicted octanol–water partition coefficient (Wildman–Crippen LogP) is 2.01. The number of rotatable bonds is 4. The molecule has 16 heavy (non-hydrogen) atoms. The molecule has 0 aromatic heterocycles. The number of nitrogens with one attached hydrogen (secondary N) is 1. The highest BCUT2D eigenvalue weighted by molar-refractivity contribution is 9.10. The van der Waals surface area contributed by atoms with Crippen molar-refractivity contribution in [3.8, 4) is 0 Å². The standard InChI is InChI=1S/C12H14BrNO2/c13-10-5-3-8(4-6-10)11(15)7-14-12(16)9-1-2-9/h3-6,9,11,15H,1-2,7H2,(H,14,16). The van der Waals surface area contributed by atoms with Gasteiger partial charge in [-0.15, -0.1) is 0 Å². The number of aliphatic hydroxyl groups excluding tert-OH is 1. The third kappa shape index (κ3) is 3.06. The normalized spacial score (nSPS) is 16.9. The number of benzene rings is 1. The van der Waals surface area contributed by atoms with E-state index in [1.54, 1.807) is 0 Å². The number of hydrogen-bond donors (Lipinski definition) is 2. The molecule has 1 saturated carbocycles. The van der Waals surface area contributed by atoms with Gasteiger partial charge in [-0.1, -0.05) is 28.1 Å². The van der Waals surface area contributed by atoms with Crippen LogP contribution >= 0.6 is 15.9 Å². The molecule has 4 heteroatoms. The lowest BCUT2D eigenvalue weighted by Crippen LogP contribution is -2.29. The number of hydrogen-bond acceptors (Lipinski definition) is 2. The maximum atomic E-state index is 11.4. The van der Waals surface area contributed by atoms with Crippen LogP contribution in [0.2, 0.25) is 0 Å². The summed E-state index contributed by atoms with van der Waals surface area (Å²) in [5.74, 6) is 0.258. The van der Waals surface area contributed by atoms with Gasteiger partial charge in [0.25, 0.3) is 0 Å². The molecule has 1 aromatic carbocycles. The number of aliphatic hydroxyl groups is 1. The zero-order chi connectivity index (χ0) is 11.5. The lowest BCUT2D eigenvalue weighted by molar-refractivity contribution is -0.122. The maximum Gasteiger partial charge on any atom is 0.223 e. The van der Waals surface area contributed by atoms with Gasteiger partial charge in [-0.2, -0.15) is 0 Å². The molecule has 86 valence electrons. The molecule has 2 N–H and O–H groups in total. The van der Waals surface area contributed by atoms with E-state index in [1.165, 1.54) is 0 Å². The van der Waals surface area contributed by atoms with Gasteiger partial charge in [0.15, 0.2) is 0 Å². The van der Waals surface area contributed by atoms with Gasteiger partial charge < -0.3 is 10.4 Å². The first-order valence-electron chi connectivity index (χ1n) is 5.38. The molecule has 1 aliphatic rings. The average molecular weight is 284 g/mol. The topological polar surface area (TPSA) is 49.3 Å². The van der Waals surface area contributed by atoms with Crippen molar-refractivity contribution in [1.82, 2.24) is 5.32 Å². The fraction of sp³-hybridized carbons (Fsp3) is 0.417. The molecule has 2 rings (SSSR count). The second-order valence-corrected chi connectivity index (χ2v) is 5.00. The van der Waals surface area contributed by atoms with E-state index in [1.807, 2.05) is 24.3 Å². The lowest BCUT2D eigenvalue weighted by atomic mass is 10.1. The average Bonchev–Trinajstić information content (AvgIpc) is 3.10. The molecule has 1 amide bonds. The highest BCUT2D eigenvalue weighted by Gasteiger charge is 2.29. The van der Waals surface area contributed by atoms with Crippen molar-refractivity contribution in [3.63, 3.8) is 0 Å². The Morgan fingerprint density at radius 2 is 2.06 bits per heavy atom. The van der Waals surface area contributed by atoms with Crippen LogP contribution in [0.15, 0.2) is 28.7 Å². The van der Waals surface area contributed by atoms with Gasteiger partial charge in [0.05, 0.1) is 6.10 Å². The summed E-state index contributed by atoms with van der Waals surface area (Å²) in [5.41, 5.74) is 0.819. The van der Waals surface area contributed by atoms with Crippen LogP contribution in [0.25, 0.3) is 0 Å². The second kappa shape index (κ2) is 4.97. The lowest BCUT2D eigenvalue weighted by Gasteiger charge is -2.12. The molecule has 1 unspecified atom stereocenters. The van der Waals surface area contributed by atoms with E-state index in [9.17, 15) is 9.90 Å². The van der Waals surface area contributed by atoms with E-state index in [-0.39, 0.29) is 18.4 Å². The molecule has 1 atom stereocenters. The SMILES string of the molecule is O=C(NCC(O)c1ccc(Br)cc1)C1CC1. The van der Waals surface area contributed by atoms with Crippen LogP contribution in [0.3, 0.4) is 0 Å². The molecule has 0 radical (unpaired) electrons. The minimum Gasteiger partial charge on any atom is -0.387 e. The number of amides is 1. The van der Waals surface area contributed by atoms with Crippen LogP contribution < -0.4 is 5.32 Å². The van der Waals surface area contributed by atoms with E-state index in [0.717, 1.165) is 22.9 Å². The van der Waals surface area contributed by atoms with Gasteiger partial charge in [-0.3, -0.25) is 4.79 Å². The summed E-state index contributed by atoms with van der Waals surface area (Å²) in [6.07, 6.45) is 1.34. The van der Waals surface area contributed by atoms with Gasteiger partial charge >= 0.3 is 0 Å². The molecule has 3 nitrogen and oxygen atoms in total. The summed E-state index contributed by atoms with van der Waals surface area (Å²) < 4.78 is 0.977. The van der Waals surface area contributed by atoms with Gasteiger partial charge in [0.2, 0.25) is 5.91 Å². The summed E-state index contributed by atoms with van der Waals surface area (Å²) in [6, 6.07) is 7.44. The zero-order valence-corrected chi connectivity index (χ0v) is 10.4. The Morgan fingerprint density at radius 1 is 1.44 bits per heavy atom. The van der Waals surface area contributed by atoms with E-state index in [0.29, 0.717) is 0 Å². The van der Waals surface area contributed by atoms with Gasteiger partial charge in [0.1, 0.15) is 0 Å². The van der Waals surface area contributed by atoms with Crippen molar-refractivity contribution in [1.29, 1.82) is 0 Å². The summed E-state index contributed by atoms with van der Waals surface area (Å²) in [7, 11) is 0. The maximum absolute atomic E-state index is 11.4. The van der Waals surface area contributed by atoms with E-state index in [2.05, 4.69) is 21.2 Å². The smallest absolute Gasteiger partial charge is 0.223 e. The third-order valence-corrected chi connectivity index (χ3v) is 3.20. The quantitative estimate of drug-likeness (QED) is 0.888. The second-order valence-electron chi connectivity index (χ2n) is 4.09. The van der Waals surface area contributed by atoms with Crippen LogP contribution in [0.5, 0.6) is 0 Å². The van der Waals surface area contributed by atoms with Crippen molar-refractivity contribution < 1.29 is 9.90 Å². The van der Waals surface area contributed by atoms with Crippen molar-refractivity contribution in [2.75, 3.05) is 6.54 Å². The summed E-state index contributed by atoms with van der Waals surface area (Å²) in [6.45, 7) is 0.289. The Kier molecular flexibility index (Phi) is 3.61. The first kappa shape index (κ1) is 11.6. The molecule has 0 saturated heterocycles. The Bertz CT molecular complexity index is 373. The zero-order valence-electron chi connectivity index (χ0n) is 8.82. The van der Waals surface area contributed by atoms with Crippen molar-refractivity contribution >= 4 is 21.8 Å². The summed E-state index contributed by atoms with van der Waals surface area (Å²) >= 11 is 3.33. The van der Waals surface area contributed by atoms with Crippen LogP contribution in [0, 0.1) is 5.92 Å². The Balaban J connectivity index is 1.84. The van der Waals surface area contributed by atoms with Crippen molar-refractivity contribution in [2.24, 2.45) is 5.92 Å². The predicted molar refractivity (Wildman–Crippen MR) is 64.8 cm³/mol. The fourth-order valence-electron chi connectivity index (χ4n) is 1.49. The Hall–Kier alpha value is -0.870. The monoisotopic (exact) mass is 283 g/mol. The first-order valence-corrected chi connectivity index (χ1v) is 6.17. The summed E-state index contributed by atoms with van der Waals surface area (Å²) in [4.78, 5) is 11.4. The van der Waals surface area contributed by atoms with Gasteiger partial charge in [0, 0.05) is 16.9 Å². The van der Waals surface area contributed by atoms with E-state index < -0.39 is 6.10 Å². The van der Waals surface area contributed by atoms with Crippen LogP contribution in [-0.2, 0) is 4.79 Å². The molecule has 0 bridgehead atoms. The number of halogens is 1. The molecular weight excluding hydrogens is 270 g/mol. The molecule has 1 fully saturated rings. The van der Waals surface area contributed by atoms with Crippen molar-refractivity contribution in [2.45, 2.75) is 18.9 Å². The van der Waals surface area contributed by atoms with Crippen LogP contribution in [0.4, 0.5) is 0 Å². The fourth-order valence-corrected chi connectivity index (χ4v) is 1.75. The van der Waals surface area contributed by atoms with Gasteiger partial charge in [-0.05, 0) is 30.5 Å². The van der Waals surface area contributed by atoms with E-state index >= 15 is 0 Å². The molecule has 1 aromatic rings. The Labute approximate surface area is 103 Å². The van der Waals surface area contributed by atoms with Crippen LogP contribution in [-0.4, -0.2) is 17.6 Å². The number of carbonyl (C=O) groups excluding carboxylic acids is 1. The molecule has 0 heterocycles. The highest BCUT2D eigenvalue weighted by Crippen LogP contribution is 2.28. The minimum absolute atomic E-state index is 0.0659. The first-order chi connectivity index (χ1) is 7.66. The highest BCUT2D eigenvalue weighted by atomic mass is 79.9. The summed E-state index contributed by atoms with van der Waals surface area (Å²) in [5, 5.41) is 12.6. The Morgan fingerprint density at radius 3 is 2.62 bits per heavy atom.